The van der Waals surface area contributed by atoms with E-state index < -0.39 is 0 Å². The lowest BCUT2D eigenvalue weighted by atomic mass is 9.91. The first-order valence-corrected chi connectivity index (χ1v) is 8.90. The second kappa shape index (κ2) is 8.61. The molecule has 0 spiro atoms. The summed E-state index contributed by atoms with van der Waals surface area (Å²) in [6, 6.07) is 13.5. The Morgan fingerprint density at radius 3 is 2.42 bits per heavy atom. The van der Waals surface area contributed by atoms with Crippen LogP contribution in [0.5, 0.6) is 0 Å². The van der Waals surface area contributed by atoms with Gasteiger partial charge in [0.25, 0.3) is 5.91 Å². The minimum Gasteiger partial charge on any atom is -0.399 e. The summed E-state index contributed by atoms with van der Waals surface area (Å²) in [5.41, 5.74) is 2.40. The molecule has 2 aromatic carbocycles. The highest BCUT2D eigenvalue weighted by Crippen LogP contribution is 2.36. The van der Waals surface area contributed by atoms with E-state index in [4.69, 9.17) is 0 Å². The van der Waals surface area contributed by atoms with Gasteiger partial charge in [-0.05, 0) is 54.2 Å². The molecule has 1 saturated carbocycles. The number of oxime groups is 1. The summed E-state index contributed by atoms with van der Waals surface area (Å²) in [6.07, 6.45) is 6.09. The van der Waals surface area contributed by atoms with Crippen LogP contribution in [-0.4, -0.2) is 19.2 Å². The lowest BCUT2D eigenvalue weighted by Gasteiger charge is -2.25. The SMILES string of the molecule is CON=Cc1ccc(C(=O)NC(c2ccc(F)cc2)C2CCCC2)cc1. The molecule has 1 N–H and O–H groups in total. The summed E-state index contributed by atoms with van der Waals surface area (Å²) < 4.78 is 13.3. The fourth-order valence-electron chi connectivity index (χ4n) is 3.49. The molecule has 0 aliphatic heterocycles. The number of rotatable bonds is 6. The van der Waals surface area contributed by atoms with E-state index in [1.807, 2.05) is 12.1 Å². The lowest BCUT2D eigenvalue weighted by Crippen LogP contribution is -2.32. The summed E-state index contributed by atoms with van der Waals surface area (Å²) in [4.78, 5) is 17.4. The van der Waals surface area contributed by atoms with Crippen LogP contribution in [-0.2, 0) is 4.84 Å². The van der Waals surface area contributed by atoms with Crippen LogP contribution >= 0.6 is 0 Å². The van der Waals surface area contributed by atoms with E-state index in [1.165, 1.54) is 32.1 Å². The Labute approximate surface area is 153 Å². The minimum absolute atomic E-state index is 0.0969. The molecule has 1 amide bonds. The average Bonchev–Trinajstić information content (AvgIpc) is 3.20. The molecule has 1 atom stereocenters. The maximum Gasteiger partial charge on any atom is 0.251 e. The van der Waals surface area contributed by atoms with Crippen LogP contribution in [0.3, 0.4) is 0 Å². The van der Waals surface area contributed by atoms with E-state index in [1.54, 1.807) is 30.5 Å². The molecule has 2 aromatic rings. The Bertz CT molecular complexity index is 751. The van der Waals surface area contributed by atoms with Crippen molar-refractivity contribution in [1.82, 2.24) is 5.32 Å². The smallest absolute Gasteiger partial charge is 0.251 e. The Kier molecular flexibility index (Phi) is 6.00. The molecule has 26 heavy (non-hydrogen) atoms. The predicted molar refractivity (Wildman–Crippen MR) is 99.6 cm³/mol. The standard InChI is InChI=1S/C21H23FN2O2/c1-26-23-14-15-6-8-18(9-7-15)21(25)24-20(16-4-2-3-5-16)17-10-12-19(22)13-11-17/h6-14,16,20H,2-5H2,1H3,(H,24,25). The molecule has 1 aliphatic rings. The van der Waals surface area contributed by atoms with Gasteiger partial charge in [0.1, 0.15) is 12.9 Å². The first kappa shape index (κ1) is 18.1. The van der Waals surface area contributed by atoms with Crippen LogP contribution in [0, 0.1) is 11.7 Å². The summed E-state index contributed by atoms with van der Waals surface area (Å²) in [5.74, 6) is -0.00228. The maximum absolute atomic E-state index is 13.3. The van der Waals surface area contributed by atoms with Crippen LogP contribution in [0.4, 0.5) is 4.39 Å². The number of benzene rings is 2. The fraction of sp³-hybridized carbons (Fsp3) is 0.333. The van der Waals surface area contributed by atoms with Gasteiger partial charge in [-0.2, -0.15) is 0 Å². The van der Waals surface area contributed by atoms with Crippen LogP contribution in [0.2, 0.25) is 0 Å². The van der Waals surface area contributed by atoms with Gasteiger partial charge in [0.15, 0.2) is 0 Å². The highest BCUT2D eigenvalue weighted by molar-refractivity contribution is 5.95. The molecular weight excluding hydrogens is 331 g/mol. The van der Waals surface area contributed by atoms with Gasteiger partial charge in [-0.3, -0.25) is 4.79 Å². The highest BCUT2D eigenvalue weighted by Gasteiger charge is 2.28. The van der Waals surface area contributed by atoms with Crippen molar-refractivity contribution in [2.75, 3.05) is 7.11 Å². The number of hydrogen-bond donors (Lipinski definition) is 1. The summed E-state index contributed by atoms with van der Waals surface area (Å²) in [6.45, 7) is 0. The zero-order valence-electron chi connectivity index (χ0n) is 14.8. The fourth-order valence-corrected chi connectivity index (χ4v) is 3.49. The number of nitrogens with one attached hydrogen (secondary N) is 1. The quantitative estimate of drug-likeness (QED) is 0.615. The molecule has 0 bridgehead atoms. The molecule has 0 saturated heterocycles. The first-order valence-electron chi connectivity index (χ1n) is 8.90. The molecule has 0 aromatic heterocycles. The molecular formula is C21H23FN2O2. The van der Waals surface area contributed by atoms with Crippen molar-refractivity contribution >= 4 is 12.1 Å². The van der Waals surface area contributed by atoms with Crippen molar-refractivity contribution in [3.8, 4) is 0 Å². The molecule has 1 unspecified atom stereocenters. The van der Waals surface area contributed by atoms with Crippen LogP contribution < -0.4 is 5.32 Å². The van der Waals surface area contributed by atoms with E-state index in [2.05, 4.69) is 15.3 Å². The first-order chi connectivity index (χ1) is 12.7. The summed E-state index contributed by atoms with van der Waals surface area (Å²) in [7, 11) is 1.48. The van der Waals surface area contributed by atoms with Gasteiger partial charge in [-0.1, -0.05) is 42.3 Å². The largest absolute Gasteiger partial charge is 0.399 e. The second-order valence-corrected chi connectivity index (χ2v) is 6.59. The Morgan fingerprint density at radius 2 is 1.81 bits per heavy atom. The summed E-state index contributed by atoms with van der Waals surface area (Å²) >= 11 is 0. The molecule has 5 heteroatoms. The van der Waals surface area contributed by atoms with Gasteiger partial charge in [-0.15, -0.1) is 0 Å². The Morgan fingerprint density at radius 1 is 1.15 bits per heavy atom. The third-order valence-electron chi connectivity index (χ3n) is 4.87. The minimum atomic E-state index is -0.265. The van der Waals surface area contributed by atoms with Crippen molar-refractivity contribution in [2.45, 2.75) is 31.7 Å². The molecule has 3 rings (SSSR count). The van der Waals surface area contributed by atoms with Crippen molar-refractivity contribution in [1.29, 1.82) is 0 Å². The van der Waals surface area contributed by atoms with Gasteiger partial charge < -0.3 is 10.2 Å². The second-order valence-electron chi connectivity index (χ2n) is 6.59. The van der Waals surface area contributed by atoms with Crippen LogP contribution in [0.15, 0.2) is 53.7 Å². The van der Waals surface area contributed by atoms with E-state index in [0.29, 0.717) is 11.5 Å². The van der Waals surface area contributed by atoms with Crippen LogP contribution in [0.25, 0.3) is 0 Å². The topological polar surface area (TPSA) is 50.7 Å². The van der Waals surface area contributed by atoms with Crippen molar-refractivity contribution in [2.24, 2.45) is 11.1 Å². The Hall–Kier alpha value is -2.69. The molecule has 1 aliphatic carbocycles. The molecule has 136 valence electrons. The van der Waals surface area contributed by atoms with Gasteiger partial charge in [0.2, 0.25) is 0 Å². The number of carbonyl (C=O) groups is 1. The van der Waals surface area contributed by atoms with Crippen LogP contribution in [0.1, 0.15) is 53.2 Å². The van der Waals surface area contributed by atoms with E-state index in [0.717, 1.165) is 24.0 Å². The van der Waals surface area contributed by atoms with E-state index >= 15 is 0 Å². The Balaban J connectivity index is 1.76. The normalized spacial score (nSPS) is 15.9. The van der Waals surface area contributed by atoms with Gasteiger partial charge in [-0.25, -0.2) is 4.39 Å². The highest BCUT2D eigenvalue weighted by atomic mass is 19.1. The van der Waals surface area contributed by atoms with Crippen molar-refractivity contribution in [3.05, 3.63) is 71.0 Å². The molecule has 0 heterocycles. The van der Waals surface area contributed by atoms with Crippen molar-refractivity contribution < 1.29 is 14.0 Å². The molecule has 4 nitrogen and oxygen atoms in total. The van der Waals surface area contributed by atoms with E-state index in [-0.39, 0.29) is 17.8 Å². The molecule has 0 radical (unpaired) electrons. The maximum atomic E-state index is 13.3. The number of amides is 1. The molecule has 1 fully saturated rings. The number of halogens is 1. The monoisotopic (exact) mass is 354 g/mol. The predicted octanol–water partition coefficient (Wildman–Crippen LogP) is 4.47. The van der Waals surface area contributed by atoms with Gasteiger partial charge in [0.05, 0.1) is 12.3 Å². The number of hydrogen-bond acceptors (Lipinski definition) is 3. The number of nitrogens with zero attached hydrogens (tertiary/aromatic N) is 1. The van der Waals surface area contributed by atoms with E-state index in [9.17, 15) is 9.18 Å². The average molecular weight is 354 g/mol. The third-order valence-corrected chi connectivity index (χ3v) is 4.87. The zero-order chi connectivity index (χ0) is 18.4. The van der Waals surface area contributed by atoms with Crippen molar-refractivity contribution in [3.63, 3.8) is 0 Å². The zero-order valence-corrected chi connectivity index (χ0v) is 14.8. The van der Waals surface area contributed by atoms with Gasteiger partial charge in [0, 0.05) is 5.56 Å². The number of carbonyl (C=O) groups excluding carboxylic acids is 1. The summed E-state index contributed by atoms with van der Waals surface area (Å²) in [5, 5.41) is 6.86. The van der Waals surface area contributed by atoms with Gasteiger partial charge >= 0.3 is 0 Å². The third kappa shape index (κ3) is 4.48. The lowest BCUT2D eigenvalue weighted by molar-refractivity contribution is 0.0922.